The highest BCUT2D eigenvalue weighted by atomic mass is 127. The van der Waals surface area contributed by atoms with Crippen LogP contribution in [-0.4, -0.2) is 6.21 Å². The van der Waals surface area contributed by atoms with Crippen LogP contribution in [0.15, 0.2) is 32.8 Å². The molecule has 1 aromatic carbocycles. The molecule has 0 amide bonds. The molecule has 2 rings (SSSR count). The highest BCUT2D eigenvalue weighted by molar-refractivity contribution is 14.1. The van der Waals surface area contributed by atoms with E-state index in [0.717, 1.165) is 16.5 Å². The van der Waals surface area contributed by atoms with Crippen LogP contribution < -0.4 is 0 Å². The van der Waals surface area contributed by atoms with Gasteiger partial charge >= 0.3 is 0 Å². The molecule has 70 valence electrons. The van der Waals surface area contributed by atoms with Crippen molar-refractivity contribution in [1.29, 1.82) is 5.41 Å². The predicted molar refractivity (Wildman–Crippen MR) is 67.2 cm³/mol. The monoisotopic (exact) mass is 297 g/mol. The van der Waals surface area contributed by atoms with Crippen molar-refractivity contribution in [3.63, 3.8) is 0 Å². The van der Waals surface area contributed by atoms with Gasteiger partial charge in [-0.05, 0) is 16.2 Å². The highest BCUT2D eigenvalue weighted by Crippen LogP contribution is 2.26. The van der Waals surface area contributed by atoms with E-state index < -0.39 is 0 Å². The van der Waals surface area contributed by atoms with E-state index in [1.54, 1.807) is 0 Å². The average molecular weight is 297 g/mol. The molecule has 2 aromatic rings. The molecular formula is C11H8INO. The van der Waals surface area contributed by atoms with E-state index in [0.29, 0.717) is 5.76 Å². The number of hydrogen-bond acceptors (Lipinski definition) is 2. The number of benzene rings is 1. The minimum absolute atomic E-state index is 0.610. The number of fused-ring (bicyclic) bond motifs is 1. The Hall–Kier alpha value is -1.10. The van der Waals surface area contributed by atoms with E-state index in [-0.39, 0.29) is 0 Å². The topological polar surface area (TPSA) is 37.0 Å². The quantitative estimate of drug-likeness (QED) is 0.663. The first-order valence-electron chi connectivity index (χ1n) is 4.15. The normalized spacial score (nSPS) is 11.2. The minimum Gasteiger partial charge on any atom is -0.454 e. The summed E-state index contributed by atoms with van der Waals surface area (Å²) < 4.78 is 7.42. The van der Waals surface area contributed by atoms with Crippen LogP contribution in [0.5, 0.6) is 0 Å². The van der Waals surface area contributed by atoms with Crippen LogP contribution in [-0.2, 0) is 0 Å². The minimum atomic E-state index is 0.610. The molecule has 0 atom stereocenters. The van der Waals surface area contributed by atoms with Gasteiger partial charge in [-0.1, -0.05) is 40.8 Å². The molecule has 1 aromatic heterocycles. The molecule has 0 fully saturated rings. The molecule has 2 nitrogen and oxygen atoms in total. The second-order valence-electron chi connectivity index (χ2n) is 2.81. The third-order valence-corrected chi connectivity index (χ3v) is 2.38. The summed E-state index contributed by atoms with van der Waals surface area (Å²) in [7, 11) is 0. The number of para-hydroxylation sites is 1. The summed E-state index contributed by atoms with van der Waals surface area (Å²) in [5.41, 5.74) is 1.81. The zero-order valence-corrected chi connectivity index (χ0v) is 9.49. The maximum atomic E-state index is 7.24. The number of furan rings is 1. The molecule has 0 saturated heterocycles. The van der Waals surface area contributed by atoms with E-state index in [1.807, 2.05) is 34.4 Å². The molecule has 1 N–H and O–H groups in total. The third kappa shape index (κ3) is 1.48. The van der Waals surface area contributed by atoms with Gasteiger partial charge in [-0.15, -0.1) is 0 Å². The van der Waals surface area contributed by atoms with E-state index in [9.17, 15) is 0 Å². The lowest BCUT2D eigenvalue weighted by molar-refractivity contribution is 0.606. The standard InChI is InChI=1S/C11H8INO/c12-6-5-9-8-3-1-2-4-10(8)14-11(9)7-13/h1-7,13H/b6-5-,13-7?. The van der Waals surface area contributed by atoms with Gasteiger partial charge in [0.15, 0.2) is 5.76 Å². The Labute approximate surface area is 95.3 Å². The first-order valence-corrected chi connectivity index (χ1v) is 5.40. The van der Waals surface area contributed by atoms with Gasteiger partial charge in [-0.2, -0.15) is 0 Å². The maximum absolute atomic E-state index is 7.24. The SMILES string of the molecule is N=Cc1oc2ccccc2c1/C=C\I. The van der Waals surface area contributed by atoms with Crippen molar-refractivity contribution in [1.82, 2.24) is 0 Å². The van der Waals surface area contributed by atoms with Crippen molar-refractivity contribution in [3.05, 3.63) is 39.7 Å². The van der Waals surface area contributed by atoms with Gasteiger partial charge in [0, 0.05) is 10.9 Å². The molecular weight excluding hydrogens is 289 g/mol. The van der Waals surface area contributed by atoms with Gasteiger partial charge < -0.3 is 9.83 Å². The number of rotatable bonds is 2. The summed E-state index contributed by atoms with van der Waals surface area (Å²) in [5, 5.41) is 8.29. The van der Waals surface area contributed by atoms with Gasteiger partial charge in [0.05, 0.1) is 6.21 Å². The zero-order valence-electron chi connectivity index (χ0n) is 7.33. The smallest absolute Gasteiger partial charge is 0.152 e. The van der Waals surface area contributed by atoms with Crippen molar-refractivity contribution >= 4 is 45.9 Å². The molecule has 0 unspecified atom stereocenters. The fourth-order valence-corrected chi connectivity index (χ4v) is 1.79. The lowest BCUT2D eigenvalue weighted by Crippen LogP contribution is -1.77. The van der Waals surface area contributed by atoms with Crippen molar-refractivity contribution in [3.8, 4) is 0 Å². The lowest BCUT2D eigenvalue weighted by atomic mass is 10.1. The van der Waals surface area contributed by atoms with E-state index in [2.05, 4.69) is 22.6 Å². The van der Waals surface area contributed by atoms with Crippen LogP contribution in [0.1, 0.15) is 11.3 Å². The van der Waals surface area contributed by atoms with Crippen LogP contribution in [0.2, 0.25) is 0 Å². The molecule has 0 spiro atoms. The molecule has 0 saturated carbocycles. The van der Waals surface area contributed by atoms with Crippen LogP contribution in [0, 0.1) is 5.41 Å². The van der Waals surface area contributed by atoms with Crippen LogP contribution in [0.25, 0.3) is 17.0 Å². The Kier molecular flexibility index (Phi) is 2.67. The molecule has 1 heterocycles. The number of nitrogens with one attached hydrogen (secondary N) is 1. The van der Waals surface area contributed by atoms with Gasteiger partial charge in [-0.25, -0.2) is 0 Å². The summed E-state index contributed by atoms with van der Waals surface area (Å²) in [6, 6.07) is 7.80. The average Bonchev–Trinajstić information content (AvgIpc) is 2.58. The second-order valence-corrected chi connectivity index (χ2v) is 3.53. The van der Waals surface area contributed by atoms with Gasteiger partial charge in [0.25, 0.3) is 0 Å². The van der Waals surface area contributed by atoms with Crippen molar-refractivity contribution in [2.24, 2.45) is 0 Å². The Bertz CT molecular complexity index is 499. The fourth-order valence-electron chi connectivity index (χ4n) is 1.43. The molecule has 0 bridgehead atoms. The molecule has 0 radical (unpaired) electrons. The first-order chi connectivity index (χ1) is 6.86. The first kappa shape index (κ1) is 9.45. The van der Waals surface area contributed by atoms with Gasteiger partial charge in [-0.3, -0.25) is 0 Å². The van der Waals surface area contributed by atoms with Gasteiger partial charge in [0.2, 0.25) is 0 Å². The number of halogens is 1. The predicted octanol–water partition coefficient (Wildman–Crippen LogP) is 3.84. The molecule has 14 heavy (non-hydrogen) atoms. The summed E-state index contributed by atoms with van der Waals surface area (Å²) in [6.45, 7) is 0. The highest BCUT2D eigenvalue weighted by Gasteiger charge is 2.08. The van der Waals surface area contributed by atoms with E-state index in [1.165, 1.54) is 6.21 Å². The molecule has 3 heteroatoms. The largest absolute Gasteiger partial charge is 0.454 e. The lowest BCUT2D eigenvalue weighted by Gasteiger charge is -1.88. The second kappa shape index (κ2) is 3.96. The Morgan fingerprint density at radius 1 is 1.29 bits per heavy atom. The van der Waals surface area contributed by atoms with Crippen LogP contribution in [0.3, 0.4) is 0 Å². The molecule has 0 aliphatic heterocycles. The van der Waals surface area contributed by atoms with Crippen molar-refractivity contribution in [2.45, 2.75) is 0 Å². The van der Waals surface area contributed by atoms with Gasteiger partial charge in [0.1, 0.15) is 5.58 Å². The molecule has 0 aliphatic carbocycles. The van der Waals surface area contributed by atoms with E-state index >= 15 is 0 Å². The Morgan fingerprint density at radius 2 is 2.07 bits per heavy atom. The number of hydrogen-bond donors (Lipinski definition) is 1. The zero-order chi connectivity index (χ0) is 9.97. The van der Waals surface area contributed by atoms with Crippen LogP contribution in [0.4, 0.5) is 0 Å². The van der Waals surface area contributed by atoms with E-state index in [4.69, 9.17) is 9.83 Å². The summed E-state index contributed by atoms with van der Waals surface area (Å²) >= 11 is 2.16. The summed E-state index contributed by atoms with van der Waals surface area (Å²) in [4.78, 5) is 0. The van der Waals surface area contributed by atoms with Crippen molar-refractivity contribution < 1.29 is 4.42 Å². The fraction of sp³-hybridized carbons (Fsp3) is 0. The summed E-state index contributed by atoms with van der Waals surface area (Å²) in [6.07, 6.45) is 3.19. The van der Waals surface area contributed by atoms with Crippen LogP contribution >= 0.6 is 22.6 Å². The Balaban J connectivity index is 2.80. The molecule has 0 aliphatic rings. The summed E-state index contributed by atoms with van der Waals surface area (Å²) in [5.74, 6) is 0.610. The Morgan fingerprint density at radius 3 is 2.79 bits per heavy atom. The maximum Gasteiger partial charge on any atom is 0.152 e. The third-order valence-electron chi connectivity index (χ3n) is 2.02. The van der Waals surface area contributed by atoms with Crippen molar-refractivity contribution in [2.75, 3.05) is 0 Å².